The number of carbonyl (C=O) groups is 1. The zero-order valence-electron chi connectivity index (χ0n) is 13.4. The van der Waals surface area contributed by atoms with Gasteiger partial charge in [0.1, 0.15) is 30.5 Å². The van der Waals surface area contributed by atoms with Crippen LogP contribution in [0.4, 0.5) is 0 Å². The molecule has 2 aromatic carbocycles. The molecule has 24 heavy (non-hydrogen) atoms. The van der Waals surface area contributed by atoms with Crippen LogP contribution in [0, 0.1) is 0 Å². The Morgan fingerprint density at radius 2 is 1.62 bits per heavy atom. The number of rotatable bonds is 9. The lowest BCUT2D eigenvalue weighted by Gasteiger charge is -2.09. The van der Waals surface area contributed by atoms with Gasteiger partial charge in [-0.15, -0.1) is 0 Å². The van der Waals surface area contributed by atoms with Crippen LogP contribution in [0.5, 0.6) is 17.2 Å². The van der Waals surface area contributed by atoms with E-state index in [-0.39, 0.29) is 32.2 Å². The molecule has 0 bridgehead atoms. The quantitative estimate of drug-likeness (QED) is 0.509. The molecule has 5 nitrogen and oxygen atoms in total. The van der Waals surface area contributed by atoms with Gasteiger partial charge in [-0.3, -0.25) is 4.79 Å². The van der Waals surface area contributed by atoms with Crippen LogP contribution in [0.1, 0.15) is 6.42 Å². The van der Waals surface area contributed by atoms with Gasteiger partial charge in [-0.05, 0) is 42.5 Å². The van der Waals surface area contributed by atoms with Crippen LogP contribution in [-0.2, 0) is 9.53 Å². The van der Waals surface area contributed by atoms with Crippen molar-refractivity contribution < 1.29 is 23.7 Å². The Bertz CT molecular complexity index is 642. The summed E-state index contributed by atoms with van der Waals surface area (Å²) < 4.78 is 21.0. The largest absolute Gasteiger partial charge is 0.497 e. The van der Waals surface area contributed by atoms with Crippen molar-refractivity contribution in [1.29, 1.82) is 0 Å². The van der Waals surface area contributed by atoms with E-state index in [0.29, 0.717) is 16.5 Å². The van der Waals surface area contributed by atoms with Crippen molar-refractivity contribution in [3.63, 3.8) is 0 Å². The molecule has 0 amide bonds. The zero-order valence-corrected chi connectivity index (χ0v) is 14.1. The smallest absolute Gasteiger partial charge is 0.309 e. The molecule has 0 N–H and O–H groups in total. The second-order valence-electron chi connectivity index (χ2n) is 4.80. The summed E-state index contributed by atoms with van der Waals surface area (Å²) in [5, 5.41) is 0.597. The monoisotopic (exact) mass is 350 g/mol. The maximum atomic E-state index is 11.6. The van der Waals surface area contributed by atoms with Gasteiger partial charge >= 0.3 is 5.97 Å². The molecule has 0 saturated carbocycles. The van der Waals surface area contributed by atoms with Crippen molar-refractivity contribution in [1.82, 2.24) is 0 Å². The van der Waals surface area contributed by atoms with Crippen molar-refractivity contribution in [2.24, 2.45) is 0 Å². The Morgan fingerprint density at radius 1 is 0.917 bits per heavy atom. The normalized spacial score (nSPS) is 10.1. The minimum atomic E-state index is -0.335. The number of ether oxygens (including phenoxy) is 4. The molecule has 6 heteroatoms. The first-order valence-corrected chi connectivity index (χ1v) is 7.86. The van der Waals surface area contributed by atoms with E-state index in [2.05, 4.69) is 0 Å². The average Bonchev–Trinajstić information content (AvgIpc) is 2.59. The van der Waals surface area contributed by atoms with Gasteiger partial charge in [0.15, 0.2) is 0 Å². The lowest BCUT2D eigenvalue weighted by atomic mass is 10.3. The van der Waals surface area contributed by atoms with Crippen LogP contribution in [-0.4, -0.2) is 32.9 Å². The molecule has 2 aromatic rings. The minimum Gasteiger partial charge on any atom is -0.497 e. The number of esters is 1. The summed E-state index contributed by atoms with van der Waals surface area (Å²) in [5.41, 5.74) is 0. The first kappa shape index (κ1) is 17.9. The SMILES string of the molecule is COc1ccc(OCCC(=O)OCCOc2cccc(Cl)c2)cc1. The first-order valence-electron chi connectivity index (χ1n) is 7.48. The molecular weight excluding hydrogens is 332 g/mol. The fourth-order valence-electron chi connectivity index (χ4n) is 1.87. The third-order valence-electron chi connectivity index (χ3n) is 3.05. The van der Waals surface area contributed by atoms with Crippen LogP contribution >= 0.6 is 11.6 Å². The number of hydrogen-bond acceptors (Lipinski definition) is 5. The summed E-state index contributed by atoms with van der Waals surface area (Å²) >= 11 is 5.85. The number of benzene rings is 2. The number of methoxy groups -OCH3 is 1. The number of hydrogen-bond donors (Lipinski definition) is 0. The third-order valence-corrected chi connectivity index (χ3v) is 3.28. The van der Waals surface area contributed by atoms with E-state index >= 15 is 0 Å². The molecule has 0 aliphatic heterocycles. The molecule has 0 atom stereocenters. The lowest BCUT2D eigenvalue weighted by Crippen LogP contribution is -2.14. The second-order valence-corrected chi connectivity index (χ2v) is 5.24. The number of carbonyl (C=O) groups excluding carboxylic acids is 1. The lowest BCUT2D eigenvalue weighted by molar-refractivity contribution is -0.144. The highest BCUT2D eigenvalue weighted by atomic mass is 35.5. The summed E-state index contributed by atoms with van der Waals surface area (Å²) in [7, 11) is 1.60. The van der Waals surface area contributed by atoms with Crippen LogP contribution in [0.3, 0.4) is 0 Å². The molecule has 0 aliphatic carbocycles. The standard InChI is InChI=1S/C18H19ClO5/c1-21-15-5-7-16(8-6-15)22-10-9-18(20)24-12-11-23-17-4-2-3-14(19)13-17/h2-8,13H,9-12H2,1H3. The number of halogens is 1. The van der Waals surface area contributed by atoms with Gasteiger partial charge < -0.3 is 18.9 Å². The summed E-state index contributed by atoms with van der Waals surface area (Å²) in [5.74, 6) is 1.73. The summed E-state index contributed by atoms with van der Waals surface area (Å²) in [4.78, 5) is 11.6. The van der Waals surface area contributed by atoms with Crippen molar-refractivity contribution >= 4 is 17.6 Å². The van der Waals surface area contributed by atoms with Gasteiger partial charge in [0.2, 0.25) is 0 Å². The fourth-order valence-corrected chi connectivity index (χ4v) is 2.05. The zero-order chi connectivity index (χ0) is 17.2. The molecule has 0 fully saturated rings. The summed E-state index contributed by atoms with van der Waals surface area (Å²) in [6, 6.07) is 14.2. The average molecular weight is 351 g/mol. The highest BCUT2D eigenvalue weighted by Crippen LogP contribution is 2.17. The van der Waals surface area contributed by atoms with E-state index in [4.69, 9.17) is 30.5 Å². The van der Waals surface area contributed by atoms with Gasteiger partial charge in [0.05, 0.1) is 20.1 Å². The Balaban J connectivity index is 1.57. The summed E-state index contributed by atoms with van der Waals surface area (Å²) in [6.45, 7) is 0.694. The predicted octanol–water partition coefficient (Wildman–Crippen LogP) is 3.74. The molecule has 128 valence electrons. The highest BCUT2D eigenvalue weighted by Gasteiger charge is 2.04. The molecule has 0 saturated heterocycles. The van der Waals surface area contributed by atoms with Crippen molar-refractivity contribution in [3.05, 3.63) is 53.6 Å². The van der Waals surface area contributed by atoms with Gasteiger partial charge in [-0.2, -0.15) is 0 Å². The van der Waals surface area contributed by atoms with Gasteiger partial charge in [-0.25, -0.2) is 0 Å². The molecule has 2 rings (SSSR count). The van der Waals surface area contributed by atoms with Gasteiger partial charge in [-0.1, -0.05) is 17.7 Å². The van der Waals surface area contributed by atoms with E-state index in [0.717, 1.165) is 5.75 Å². The molecule has 0 unspecified atom stereocenters. The Hall–Kier alpha value is -2.40. The van der Waals surface area contributed by atoms with Gasteiger partial charge in [0, 0.05) is 5.02 Å². The molecule has 0 heterocycles. The highest BCUT2D eigenvalue weighted by molar-refractivity contribution is 6.30. The Labute approximate surface area is 146 Å². The topological polar surface area (TPSA) is 54.0 Å². The molecule has 0 aliphatic rings. The van der Waals surface area contributed by atoms with E-state index < -0.39 is 0 Å². The van der Waals surface area contributed by atoms with E-state index in [1.165, 1.54) is 0 Å². The van der Waals surface area contributed by atoms with Crippen LogP contribution in [0.25, 0.3) is 0 Å². The maximum Gasteiger partial charge on any atom is 0.309 e. The minimum absolute atomic E-state index is 0.170. The molecule has 0 aromatic heterocycles. The molecular formula is C18H19ClO5. The van der Waals surface area contributed by atoms with E-state index in [1.807, 2.05) is 0 Å². The first-order chi connectivity index (χ1) is 11.7. The van der Waals surface area contributed by atoms with Crippen molar-refractivity contribution in [2.45, 2.75) is 6.42 Å². The van der Waals surface area contributed by atoms with E-state index in [1.54, 1.807) is 55.6 Å². The molecule has 0 radical (unpaired) electrons. The second kappa shape index (κ2) is 9.67. The van der Waals surface area contributed by atoms with Crippen molar-refractivity contribution in [2.75, 3.05) is 26.9 Å². The van der Waals surface area contributed by atoms with Crippen LogP contribution in [0.15, 0.2) is 48.5 Å². The van der Waals surface area contributed by atoms with Crippen LogP contribution < -0.4 is 14.2 Å². The Morgan fingerprint density at radius 3 is 2.33 bits per heavy atom. The van der Waals surface area contributed by atoms with Crippen molar-refractivity contribution in [3.8, 4) is 17.2 Å². The third kappa shape index (κ3) is 6.38. The van der Waals surface area contributed by atoms with E-state index in [9.17, 15) is 4.79 Å². The predicted molar refractivity (Wildman–Crippen MR) is 91.0 cm³/mol. The summed E-state index contributed by atoms with van der Waals surface area (Å²) in [6.07, 6.45) is 0.170. The van der Waals surface area contributed by atoms with Crippen LogP contribution in [0.2, 0.25) is 5.02 Å². The maximum absolute atomic E-state index is 11.6. The fraction of sp³-hybridized carbons (Fsp3) is 0.278. The Kier molecular flexibility index (Phi) is 7.23. The molecule has 0 spiro atoms. The van der Waals surface area contributed by atoms with Gasteiger partial charge in [0.25, 0.3) is 0 Å².